The molecule has 2 amide bonds. The zero-order chi connectivity index (χ0) is 20.0. The third-order valence-corrected chi connectivity index (χ3v) is 4.86. The molecule has 1 aromatic rings. The van der Waals surface area contributed by atoms with Crippen LogP contribution in [0.25, 0.3) is 0 Å². The molecule has 6 nitrogen and oxygen atoms in total. The molecule has 6 heteroatoms. The third-order valence-electron chi connectivity index (χ3n) is 4.86. The van der Waals surface area contributed by atoms with Gasteiger partial charge >= 0.3 is 5.97 Å². The van der Waals surface area contributed by atoms with Crippen molar-refractivity contribution in [2.45, 2.75) is 59.0 Å². The second-order valence-corrected chi connectivity index (χ2v) is 7.35. The minimum Gasteiger partial charge on any atom is -0.463 e. The van der Waals surface area contributed by atoms with Crippen LogP contribution in [0.15, 0.2) is 24.3 Å². The van der Waals surface area contributed by atoms with Crippen molar-refractivity contribution in [2.24, 2.45) is 5.92 Å². The van der Waals surface area contributed by atoms with E-state index in [1.165, 1.54) is 0 Å². The van der Waals surface area contributed by atoms with Crippen LogP contribution in [-0.2, 0) is 19.1 Å². The topological polar surface area (TPSA) is 75.7 Å². The Balaban J connectivity index is 1.95. The van der Waals surface area contributed by atoms with E-state index in [-0.39, 0.29) is 43.3 Å². The number of ether oxygens (including phenoxy) is 1. The Kier molecular flexibility index (Phi) is 7.39. The van der Waals surface area contributed by atoms with E-state index in [0.717, 1.165) is 17.7 Å². The lowest BCUT2D eigenvalue weighted by atomic mass is 9.96. The molecule has 0 saturated carbocycles. The van der Waals surface area contributed by atoms with E-state index in [1.807, 2.05) is 24.3 Å². The van der Waals surface area contributed by atoms with Crippen molar-refractivity contribution in [3.05, 3.63) is 29.8 Å². The fourth-order valence-corrected chi connectivity index (χ4v) is 3.24. The number of para-hydroxylation sites is 1. The van der Waals surface area contributed by atoms with E-state index in [1.54, 1.807) is 18.7 Å². The fourth-order valence-electron chi connectivity index (χ4n) is 3.24. The number of benzene rings is 1. The van der Waals surface area contributed by atoms with Crippen molar-refractivity contribution >= 4 is 23.5 Å². The summed E-state index contributed by atoms with van der Waals surface area (Å²) in [5, 5.41) is 2.75. The van der Waals surface area contributed by atoms with Gasteiger partial charge in [-0.15, -0.1) is 0 Å². The van der Waals surface area contributed by atoms with Crippen molar-refractivity contribution in [3.8, 4) is 0 Å². The normalized spacial score (nSPS) is 17.9. The summed E-state index contributed by atoms with van der Waals surface area (Å²) in [5.41, 5.74) is 2.03. The summed E-state index contributed by atoms with van der Waals surface area (Å²) >= 11 is 0. The first-order chi connectivity index (χ1) is 12.8. The van der Waals surface area contributed by atoms with E-state index in [0.29, 0.717) is 12.5 Å². The van der Waals surface area contributed by atoms with Crippen LogP contribution in [0.2, 0.25) is 0 Å². The summed E-state index contributed by atoms with van der Waals surface area (Å²) in [4.78, 5) is 38.2. The maximum absolute atomic E-state index is 12.5. The standard InChI is InChI=1S/C21H30N2O4/c1-5-15(4)17-8-6-7-9-18(17)23-13-16(12-19(23)24)21(26)22-11-10-20(25)27-14(2)3/h6-9,14-16H,5,10-13H2,1-4H3,(H,22,26). The predicted octanol–water partition coefficient (Wildman–Crippen LogP) is 3.01. The van der Waals surface area contributed by atoms with Gasteiger partial charge in [-0.2, -0.15) is 0 Å². The van der Waals surface area contributed by atoms with Gasteiger partial charge in [0, 0.05) is 25.2 Å². The molecule has 1 aliphatic heterocycles. The van der Waals surface area contributed by atoms with Crippen LogP contribution >= 0.6 is 0 Å². The van der Waals surface area contributed by atoms with Gasteiger partial charge in [-0.1, -0.05) is 32.0 Å². The van der Waals surface area contributed by atoms with Gasteiger partial charge in [0.1, 0.15) is 0 Å². The highest BCUT2D eigenvalue weighted by molar-refractivity contribution is 6.00. The van der Waals surface area contributed by atoms with Crippen LogP contribution in [0.4, 0.5) is 5.69 Å². The molecular weight excluding hydrogens is 344 g/mol. The van der Waals surface area contributed by atoms with Gasteiger partial charge in [-0.25, -0.2) is 0 Å². The maximum Gasteiger partial charge on any atom is 0.307 e. The molecule has 1 heterocycles. The number of amides is 2. The minimum atomic E-state index is -0.399. The lowest BCUT2D eigenvalue weighted by Crippen LogP contribution is -2.34. The van der Waals surface area contributed by atoms with Gasteiger partial charge in [0.05, 0.1) is 18.4 Å². The molecule has 1 aliphatic rings. The van der Waals surface area contributed by atoms with Gasteiger partial charge in [0.25, 0.3) is 0 Å². The van der Waals surface area contributed by atoms with E-state index < -0.39 is 5.92 Å². The number of nitrogens with one attached hydrogen (secondary N) is 1. The first-order valence-corrected chi connectivity index (χ1v) is 9.69. The molecule has 1 fully saturated rings. The van der Waals surface area contributed by atoms with Gasteiger partial charge < -0.3 is 15.0 Å². The largest absolute Gasteiger partial charge is 0.463 e. The number of hydrogen-bond donors (Lipinski definition) is 1. The number of carbonyl (C=O) groups excluding carboxylic acids is 3. The zero-order valence-corrected chi connectivity index (χ0v) is 16.7. The number of nitrogens with zero attached hydrogens (tertiary/aromatic N) is 1. The number of carbonyl (C=O) groups is 3. The molecule has 27 heavy (non-hydrogen) atoms. The molecule has 1 aromatic carbocycles. The molecular formula is C21H30N2O4. The quantitative estimate of drug-likeness (QED) is 0.710. The van der Waals surface area contributed by atoms with Crippen molar-refractivity contribution in [1.82, 2.24) is 5.32 Å². The third kappa shape index (κ3) is 5.55. The molecule has 0 aromatic heterocycles. The van der Waals surface area contributed by atoms with Crippen molar-refractivity contribution in [1.29, 1.82) is 0 Å². The first-order valence-electron chi connectivity index (χ1n) is 9.69. The van der Waals surface area contributed by atoms with E-state index in [4.69, 9.17) is 4.74 Å². The number of hydrogen-bond acceptors (Lipinski definition) is 4. The van der Waals surface area contributed by atoms with E-state index in [2.05, 4.69) is 19.2 Å². The van der Waals surface area contributed by atoms with Gasteiger partial charge in [-0.05, 0) is 37.8 Å². The number of anilines is 1. The van der Waals surface area contributed by atoms with Crippen LogP contribution in [0, 0.1) is 5.92 Å². The molecule has 0 bridgehead atoms. The van der Waals surface area contributed by atoms with Gasteiger partial charge in [-0.3, -0.25) is 14.4 Å². The maximum atomic E-state index is 12.5. The first kappa shape index (κ1) is 20.9. The van der Waals surface area contributed by atoms with Crippen LogP contribution in [0.3, 0.4) is 0 Å². The summed E-state index contributed by atoms with van der Waals surface area (Å²) in [6, 6.07) is 7.89. The Labute approximate surface area is 161 Å². The number of rotatable bonds is 8. The highest BCUT2D eigenvalue weighted by atomic mass is 16.5. The summed E-state index contributed by atoms with van der Waals surface area (Å²) in [5.74, 6) is -0.622. The average Bonchev–Trinajstić information content (AvgIpc) is 3.02. The number of esters is 1. The molecule has 0 aliphatic carbocycles. The van der Waals surface area contributed by atoms with E-state index in [9.17, 15) is 14.4 Å². The Morgan fingerprint density at radius 2 is 1.96 bits per heavy atom. The Morgan fingerprint density at radius 3 is 2.63 bits per heavy atom. The summed E-state index contributed by atoms with van der Waals surface area (Å²) in [6.07, 6.45) is 1.14. The molecule has 1 N–H and O–H groups in total. The SMILES string of the molecule is CCC(C)c1ccccc1N1CC(C(=O)NCCC(=O)OC(C)C)CC1=O. The monoisotopic (exact) mass is 374 g/mol. The second-order valence-electron chi connectivity index (χ2n) is 7.35. The molecule has 148 valence electrons. The van der Waals surface area contributed by atoms with Crippen LogP contribution in [0.1, 0.15) is 58.4 Å². The Hall–Kier alpha value is -2.37. The van der Waals surface area contributed by atoms with Crippen molar-refractivity contribution < 1.29 is 19.1 Å². The van der Waals surface area contributed by atoms with Crippen LogP contribution < -0.4 is 10.2 Å². The zero-order valence-electron chi connectivity index (χ0n) is 16.7. The molecule has 0 radical (unpaired) electrons. The van der Waals surface area contributed by atoms with Crippen molar-refractivity contribution in [3.63, 3.8) is 0 Å². The Bertz CT molecular complexity index is 687. The molecule has 2 unspecified atom stereocenters. The minimum absolute atomic E-state index is 0.0369. The predicted molar refractivity (Wildman–Crippen MR) is 104 cm³/mol. The lowest BCUT2D eigenvalue weighted by molar-refractivity contribution is -0.147. The van der Waals surface area contributed by atoms with E-state index >= 15 is 0 Å². The summed E-state index contributed by atoms with van der Waals surface area (Å²) < 4.78 is 5.04. The summed E-state index contributed by atoms with van der Waals surface area (Å²) in [7, 11) is 0. The molecule has 0 spiro atoms. The second kappa shape index (κ2) is 9.53. The average molecular weight is 374 g/mol. The van der Waals surface area contributed by atoms with Crippen LogP contribution in [0.5, 0.6) is 0 Å². The van der Waals surface area contributed by atoms with Gasteiger partial charge in [0.15, 0.2) is 0 Å². The Morgan fingerprint density at radius 1 is 1.26 bits per heavy atom. The highest BCUT2D eigenvalue weighted by Gasteiger charge is 2.36. The smallest absolute Gasteiger partial charge is 0.307 e. The fraction of sp³-hybridized carbons (Fsp3) is 0.571. The highest BCUT2D eigenvalue weighted by Crippen LogP contribution is 2.33. The molecule has 2 atom stereocenters. The van der Waals surface area contributed by atoms with Gasteiger partial charge in [0.2, 0.25) is 11.8 Å². The van der Waals surface area contributed by atoms with Crippen LogP contribution in [-0.4, -0.2) is 37.0 Å². The molecule has 2 rings (SSSR count). The lowest BCUT2D eigenvalue weighted by Gasteiger charge is -2.23. The molecule has 1 saturated heterocycles. The summed E-state index contributed by atoms with van der Waals surface area (Å²) in [6.45, 7) is 8.42. The van der Waals surface area contributed by atoms with Crippen molar-refractivity contribution in [2.75, 3.05) is 18.0 Å².